The topological polar surface area (TPSA) is 98.6 Å². The molecule has 1 aromatic carbocycles. The molecule has 3 aromatic heterocycles. The van der Waals surface area contributed by atoms with E-state index in [1.54, 1.807) is 16.0 Å². The molecule has 32 heavy (non-hydrogen) atoms. The minimum absolute atomic E-state index is 0.0502. The molecule has 2 atom stereocenters. The van der Waals surface area contributed by atoms with Gasteiger partial charge in [0.1, 0.15) is 22.1 Å². The molecule has 8 nitrogen and oxygen atoms in total. The number of hydrogen-bond acceptors (Lipinski definition) is 8. The zero-order chi connectivity index (χ0) is 22.2. The van der Waals surface area contributed by atoms with E-state index in [2.05, 4.69) is 27.4 Å². The molecule has 0 bridgehead atoms. The summed E-state index contributed by atoms with van der Waals surface area (Å²) in [4.78, 5) is 23.0. The van der Waals surface area contributed by atoms with Crippen molar-refractivity contribution < 1.29 is 4.74 Å². The smallest absolute Gasteiger partial charge is 0.259 e. The predicted molar refractivity (Wildman–Crippen MR) is 126 cm³/mol. The van der Waals surface area contributed by atoms with Gasteiger partial charge in [0.25, 0.3) is 5.56 Å². The number of aryl methyl sites for hydroxylation is 1. The first-order valence-corrected chi connectivity index (χ1v) is 12.5. The first kappa shape index (κ1) is 21.1. The molecule has 0 radical (unpaired) electrons. The molecule has 1 N–H and O–H groups in total. The van der Waals surface area contributed by atoms with Crippen LogP contribution < -0.4 is 10.3 Å². The molecule has 166 valence electrons. The van der Waals surface area contributed by atoms with Crippen LogP contribution in [0.25, 0.3) is 15.9 Å². The van der Waals surface area contributed by atoms with Crippen LogP contribution in [-0.4, -0.2) is 36.8 Å². The lowest BCUT2D eigenvalue weighted by molar-refractivity contribution is 0.337. The number of aromatic nitrogens is 6. The van der Waals surface area contributed by atoms with Gasteiger partial charge in [0.15, 0.2) is 0 Å². The van der Waals surface area contributed by atoms with Crippen LogP contribution >= 0.6 is 23.1 Å². The maximum Gasteiger partial charge on any atom is 0.259 e. The summed E-state index contributed by atoms with van der Waals surface area (Å²) in [5.41, 5.74) is 1.91. The standard InChI is InChI=1S/C22H24N6O2S2/c1-4-30-16-8-6-5-7-15(16)28-22(25-26-27-28)31-13(3)19-23-20(29)18-14-10-9-12(2)11-17(14)32-21(18)24-19/h5-8,12-13H,4,9-11H2,1-3H3,(H,23,24,29). The molecule has 1 aliphatic carbocycles. The Morgan fingerprint density at radius 3 is 3.06 bits per heavy atom. The van der Waals surface area contributed by atoms with E-state index in [1.165, 1.54) is 22.2 Å². The van der Waals surface area contributed by atoms with Crippen molar-refractivity contribution in [1.29, 1.82) is 0 Å². The fourth-order valence-electron chi connectivity index (χ4n) is 4.09. The Kier molecular flexibility index (Phi) is 5.73. The molecular weight excluding hydrogens is 444 g/mol. The number of rotatable bonds is 6. The van der Waals surface area contributed by atoms with Crippen LogP contribution in [0.4, 0.5) is 0 Å². The highest BCUT2D eigenvalue weighted by atomic mass is 32.2. The van der Waals surface area contributed by atoms with E-state index < -0.39 is 0 Å². The maximum absolute atomic E-state index is 13.0. The van der Waals surface area contributed by atoms with E-state index in [0.29, 0.717) is 29.3 Å². The van der Waals surface area contributed by atoms with Gasteiger partial charge < -0.3 is 9.72 Å². The molecule has 4 aromatic rings. The van der Waals surface area contributed by atoms with E-state index in [9.17, 15) is 4.79 Å². The number of tetrazole rings is 1. The number of nitrogens with zero attached hydrogens (tertiary/aromatic N) is 5. The molecular formula is C22H24N6O2S2. The summed E-state index contributed by atoms with van der Waals surface area (Å²) in [5, 5.41) is 13.4. The van der Waals surface area contributed by atoms with Gasteiger partial charge in [-0.2, -0.15) is 4.68 Å². The summed E-state index contributed by atoms with van der Waals surface area (Å²) >= 11 is 3.11. The van der Waals surface area contributed by atoms with Crippen molar-refractivity contribution in [2.45, 2.75) is 50.4 Å². The summed E-state index contributed by atoms with van der Waals surface area (Å²) in [6.45, 7) is 6.75. The van der Waals surface area contributed by atoms with Crippen molar-refractivity contribution in [3.8, 4) is 11.4 Å². The van der Waals surface area contributed by atoms with Gasteiger partial charge in [-0.3, -0.25) is 4.79 Å². The Hall–Kier alpha value is -2.72. The van der Waals surface area contributed by atoms with E-state index in [-0.39, 0.29) is 10.8 Å². The lowest BCUT2D eigenvalue weighted by Gasteiger charge is -2.17. The molecule has 0 saturated heterocycles. The van der Waals surface area contributed by atoms with Crippen molar-refractivity contribution in [2.75, 3.05) is 6.61 Å². The molecule has 0 aliphatic heterocycles. The molecule has 1 aliphatic rings. The third-order valence-corrected chi connectivity index (χ3v) is 7.88. The van der Waals surface area contributed by atoms with E-state index >= 15 is 0 Å². The zero-order valence-corrected chi connectivity index (χ0v) is 19.8. The number of thiophene rings is 1. The first-order valence-electron chi connectivity index (χ1n) is 10.8. The summed E-state index contributed by atoms with van der Waals surface area (Å²) in [5.74, 6) is 2.00. The average molecular weight is 469 g/mol. The lowest BCUT2D eigenvalue weighted by Crippen LogP contribution is -2.15. The van der Waals surface area contributed by atoms with E-state index in [0.717, 1.165) is 35.2 Å². The average Bonchev–Trinajstić information content (AvgIpc) is 3.38. The van der Waals surface area contributed by atoms with Gasteiger partial charge in [0.05, 0.1) is 17.2 Å². The summed E-state index contributed by atoms with van der Waals surface area (Å²) in [6.07, 6.45) is 3.11. The number of aromatic amines is 1. The second-order valence-electron chi connectivity index (χ2n) is 8.02. The third kappa shape index (κ3) is 3.81. The molecule has 0 fully saturated rings. The Morgan fingerprint density at radius 1 is 1.38 bits per heavy atom. The van der Waals surface area contributed by atoms with Crippen LogP contribution in [0.5, 0.6) is 5.75 Å². The predicted octanol–water partition coefficient (Wildman–Crippen LogP) is 4.34. The first-order chi connectivity index (χ1) is 15.5. The fourth-order valence-corrected chi connectivity index (χ4v) is 6.33. The minimum Gasteiger partial charge on any atom is -0.492 e. The van der Waals surface area contributed by atoms with Crippen LogP contribution in [0.2, 0.25) is 0 Å². The van der Waals surface area contributed by atoms with Crippen LogP contribution in [0, 0.1) is 5.92 Å². The largest absolute Gasteiger partial charge is 0.492 e. The van der Waals surface area contributed by atoms with Crippen molar-refractivity contribution >= 4 is 33.3 Å². The van der Waals surface area contributed by atoms with Gasteiger partial charge >= 0.3 is 0 Å². The molecule has 3 heterocycles. The van der Waals surface area contributed by atoms with Gasteiger partial charge in [-0.25, -0.2) is 4.98 Å². The lowest BCUT2D eigenvalue weighted by atomic mass is 9.89. The number of fused-ring (bicyclic) bond motifs is 3. The second-order valence-corrected chi connectivity index (χ2v) is 10.4. The number of thioether (sulfide) groups is 1. The SMILES string of the molecule is CCOc1ccccc1-n1nnnc1SC(C)c1nc2sc3c(c2c(=O)[nH]1)CCC(C)C3. The van der Waals surface area contributed by atoms with Gasteiger partial charge in [-0.15, -0.1) is 16.4 Å². The Balaban J connectivity index is 1.46. The van der Waals surface area contributed by atoms with Crippen LogP contribution in [0.15, 0.2) is 34.2 Å². The van der Waals surface area contributed by atoms with Gasteiger partial charge in [0.2, 0.25) is 5.16 Å². The third-order valence-electron chi connectivity index (χ3n) is 5.69. The highest BCUT2D eigenvalue weighted by Crippen LogP contribution is 2.38. The molecule has 10 heteroatoms. The van der Waals surface area contributed by atoms with Crippen molar-refractivity contribution in [3.63, 3.8) is 0 Å². The zero-order valence-electron chi connectivity index (χ0n) is 18.2. The van der Waals surface area contributed by atoms with Crippen LogP contribution in [0.1, 0.15) is 48.7 Å². The van der Waals surface area contributed by atoms with Crippen molar-refractivity contribution in [2.24, 2.45) is 5.92 Å². The Labute approximate surface area is 193 Å². The van der Waals surface area contributed by atoms with Gasteiger partial charge in [-0.05, 0) is 67.2 Å². The number of ether oxygens (including phenoxy) is 1. The van der Waals surface area contributed by atoms with E-state index in [4.69, 9.17) is 9.72 Å². The van der Waals surface area contributed by atoms with Crippen LogP contribution in [0.3, 0.4) is 0 Å². The number of H-pyrrole nitrogens is 1. The molecule has 2 unspecified atom stereocenters. The molecule has 5 rings (SSSR count). The molecule has 0 amide bonds. The Bertz CT molecular complexity index is 1330. The summed E-state index contributed by atoms with van der Waals surface area (Å²) < 4.78 is 7.39. The minimum atomic E-state index is -0.144. The van der Waals surface area contributed by atoms with E-state index in [1.807, 2.05) is 38.1 Å². The van der Waals surface area contributed by atoms with Crippen molar-refractivity contribution in [3.05, 3.63) is 50.9 Å². The molecule has 0 saturated carbocycles. The van der Waals surface area contributed by atoms with Gasteiger partial charge in [0, 0.05) is 4.88 Å². The monoisotopic (exact) mass is 468 g/mol. The normalized spacial score (nSPS) is 16.8. The van der Waals surface area contributed by atoms with Crippen LogP contribution in [-0.2, 0) is 12.8 Å². The highest BCUT2D eigenvalue weighted by molar-refractivity contribution is 7.99. The quantitative estimate of drug-likeness (QED) is 0.420. The maximum atomic E-state index is 13.0. The number of benzene rings is 1. The second kappa shape index (κ2) is 8.67. The highest BCUT2D eigenvalue weighted by Gasteiger charge is 2.25. The number of para-hydroxylation sites is 2. The summed E-state index contributed by atoms with van der Waals surface area (Å²) in [7, 11) is 0. The van der Waals surface area contributed by atoms with Gasteiger partial charge in [-0.1, -0.05) is 30.8 Å². The molecule has 0 spiro atoms. The summed E-state index contributed by atoms with van der Waals surface area (Å²) in [6, 6.07) is 7.65. The number of nitrogens with one attached hydrogen (secondary N) is 1. The number of hydrogen-bond donors (Lipinski definition) is 1. The Morgan fingerprint density at radius 2 is 2.22 bits per heavy atom. The fraction of sp³-hybridized carbons (Fsp3) is 0.409. The van der Waals surface area contributed by atoms with Crippen molar-refractivity contribution in [1.82, 2.24) is 30.2 Å².